The van der Waals surface area contributed by atoms with Gasteiger partial charge in [-0.25, -0.2) is 4.79 Å². The van der Waals surface area contributed by atoms with Crippen LogP contribution in [0.5, 0.6) is 11.5 Å². The maximum Gasteiger partial charge on any atom is 0.344 e. The Morgan fingerprint density at radius 3 is 2.46 bits per heavy atom. The van der Waals surface area contributed by atoms with E-state index in [1.54, 1.807) is 37.4 Å². The molecule has 0 aromatic heterocycles. The molecule has 0 spiro atoms. The lowest BCUT2D eigenvalue weighted by Gasteiger charge is -2.10. The lowest BCUT2D eigenvalue weighted by atomic mass is 10.2. The molecule has 2 aromatic carbocycles. The van der Waals surface area contributed by atoms with E-state index in [1.165, 1.54) is 0 Å². The minimum atomic E-state index is -0.626. The Morgan fingerprint density at radius 2 is 1.81 bits per heavy atom. The summed E-state index contributed by atoms with van der Waals surface area (Å²) >= 11 is 5.86. The first kappa shape index (κ1) is 19.6. The van der Waals surface area contributed by atoms with E-state index in [2.05, 4.69) is 5.32 Å². The summed E-state index contributed by atoms with van der Waals surface area (Å²) in [4.78, 5) is 23.4. The first-order valence-electron chi connectivity index (χ1n) is 7.92. The molecule has 0 bridgehead atoms. The maximum atomic E-state index is 11.7. The summed E-state index contributed by atoms with van der Waals surface area (Å²) in [7, 11) is 1.59. The van der Waals surface area contributed by atoms with Gasteiger partial charge in [-0.3, -0.25) is 4.79 Å². The standard InChI is InChI=1S/C19H20ClNO5/c1-13-9-15(20)5-8-17(13)25-12-19(23)26-11-18(22)21-10-14-3-6-16(24-2)7-4-14/h3-9H,10-12H2,1-2H3,(H,21,22). The van der Waals surface area contributed by atoms with E-state index >= 15 is 0 Å². The van der Waals surface area contributed by atoms with E-state index < -0.39 is 11.9 Å². The zero-order valence-corrected chi connectivity index (χ0v) is 15.3. The molecular formula is C19H20ClNO5. The first-order chi connectivity index (χ1) is 12.5. The first-order valence-corrected chi connectivity index (χ1v) is 8.30. The van der Waals surface area contributed by atoms with E-state index in [9.17, 15) is 9.59 Å². The molecular weight excluding hydrogens is 358 g/mol. The quantitative estimate of drug-likeness (QED) is 0.716. The molecule has 1 N–H and O–H groups in total. The second kappa shape index (κ2) is 9.68. The molecule has 0 aliphatic rings. The smallest absolute Gasteiger partial charge is 0.344 e. The minimum absolute atomic E-state index is 0.283. The molecule has 0 unspecified atom stereocenters. The monoisotopic (exact) mass is 377 g/mol. The van der Waals surface area contributed by atoms with Gasteiger partial charge in [0.05, 0.1) is 7.11 Å². The van der Waals surface area contributed by atoms with Crippen LogP contribution in [0.1, 0.15) is 11.1 Å². The molecule has 0 saturated carbocycles. The molecule has 138 valence electrons. The Hall–Kier alpha value is -2.73. The summed E-state index contributed by atoms with van der Waals surface area (Å²) in [6, 6.07) is 12.4. The third kappa shape index (κ3) is 6.29. The van der Waals surface area contributed by atoms with Gasteiger partial charge >= 0.3 is 5.97 Å². The molecule has 0 atom stereocenters. The highest BCUT2D eigenvalue weighted by Crippen LogP contribution is 2.21. The number of amides is 1. The number of esters is 1. The summed E-state index contributed by atoms with van der Waals surface area (Å²) in [5.41, 5.74) is 1.72. The summed E-state index contributed by atoms with van der Waals surface area (Å²) in [6.45, 7) is 1.51. The summed E-state index contributed by atoms with van der Waals surface area (Å²) < 4.78 is 15.3. The van der Waals surface area contributed by atoms with Crippen molar-refractivity contribution in [2.75, 3.05) is 20.3 Å². The number of halogens is 1. The molecule has 1 amide bonds. The lowest BCUT2D eigenvalue weighted by molar-refractivity contribution is -0.150. The predicted octanol–water partition coefficient (Wildman–Crippen LogP) is 2.90. The van der Waals surface area contributed by atoms with Crippen LogP contribution in [0.15, 0.2) is 42.5 Å². The van der Waals surface area contributed by atoms with Crippen LogP contribution in [0.3, 0.4) is 0 Å². The van der Waals surface area contributed by atoms with Crippen molar-refractivity contribution in [2.24, 2.45) is 0 Å². The van der Waals surface area contributed by atoms with Crippen molar-refractivity contribution in [2.45, 2.75) is 13.5 Å². The van der Waals surface area contributed by atoms with Gasteiger partial charge < -0.3 is 19.5 Å². The van der Waals surface area contributed by atoms with Gasteiger partial charge in [-0.05, 0) is 48.4 Å². The van der Waals surface area contributed by atoms with Gasteiger partial charge in [0.2, 0.25) is 0 Å². The number of carbonyl (C=O) groups excluding carboxylic acids is 2. The molecule has 26 heavy (non-hydrogen) atoms. The maximum absolute atomic E-state index is 11.7. The van der Waals surface area contributed by atoms with Gasteiger partial charge in [0.1, 0.15) is 11.5 Å². The van der Waals surface area contributed by atoms with Crippen molar-refractivity contribution in [3.63, 3.8) is 0 Å². The molecule has 0 saturated heterocycles. The number of methoxy groups -OCH3 is 1. The molecule has 7 heteroatoms. The van der Waals surface area contributed by atoms with Crippen molar-refractivity contribution >= 4 is 23.5 Å². The molecule has 2 aromatic rings. The number of hydrogen-bond donors (Lipinski definition) is 1. The van der Waals surface area contributed by atoms with E-state index in [-0.39, 0.29) is 13.2 Å². The highest BCUT2D eigenvalue weighted by Gasteiger charge is 2.09. The predicted molar refractivity (Wildman–Crippen MR) is 97.5 cm³/mol. The van der Waals surface area contributed by atoms with Gasteiger partial charge in [-0.2, -0.15) is 0 Å². The molecule has 0 fully saturated rings. The summed E-state index contributed by atoms with van der Waals surface area (Å²) in [5, 5.41) is 3.26. The number of rotatable bonds is 8. The van der Waals surface area contributed by atoms with Crippen LogP contribution in [-0.2, 0) is 20.9 Å². The second-order valence-corrected chi connectivity index (χ2v) is 5.92. The molecule has 0 radical (unpaired) electrons. The van der Waals surface area contributed by atoms with E-state index in [0.29, 0.717) is 17.3 Å². The van der Waals surface area contributed by atoms with Gasteiger partial charge in [-0.15, -0.1) is 0 Å². The average Bonchev–Trinajstić information content (AvgIpc) is 2.64. The van der Waals surface area contributed by atoms with Crippen molar-refractivity contribution in [3.8, 4) is 11.5 Å². The SMILES string of the molecule is COc1ccc(CNC(=O)COC(=O)COc2ccc(Cl)cc2C)cc1. The van der Waals surface area contributed by atoms with Crippen LogP contribution < -0.4 is 14.8 Å². The van der Waals surface area contributed by atoms with Crippen LogP contribution in [0.25, 0.3) is 0 Å². The third-order valence-electron chi connectivity index (χ3n) is 3.50. The Labute approximate surface area is 157 Å². The second-order valence-electron chi connectivity index (χ2n) is 5.48. The Balaban J connectivity index is 1.68. The van der Waals surface area contributed by atoms with Crippen LogP contribution in [-0.4, -0.2) is 32.2 Å². The van der Waals surface area contributed by atoms with Crippen molar-refractivity contribution in [1.82, 2.24) is 5.32 Å². The fourth-order valence-corrected chi connectivity index (χ4v) is 2.32. The zero-order valence-electron chi connectivity index (χ0n) is 14.6. The number of benzene rings is 2. The molecule has 0 aliphatic carbocycles. The third-order valence-corrected chi connectivity index (χ3v) is 3.73. The fraction of sp³-hybridized carbons (Fsp3) is 0.263. The van der Waals surface area contributed by atoms with Gasteiger partial charge in [-0.1, -0.05) is 23.7 Å². The molecule has 6 nitrogen and oxygen atoms in total. The zero-order chi connectivity index (χ0) is 18.9. The molecule has 0 aliphatic heterocycles. The van der Waals surface area contributed by atoms with Gasteiger partial charge in [0.25, 0.3) is 5.91 Å². The van der Waals surface area contributed by atoms with Crippen LogP contribution in [0, 0.1) is 6.92 Å². The average molecular weight is 378 g/mol. The largest absolute Gasteiger partial charge is 0.497 e. The van der Waals surface area contributed by atoms with Gasteiger partial charge in [0.15, 0.2) is 13.2 Å². The van der Waals surface area contributed by atoms with E-state index in [4.69, 9.17) is 25.8 Å². The van der Waals surface area contributed by atoms with Crippen LogP contribution in [0.2, 0.25) is 5.02 Å². The Morgan fingerprint density at radius 1 is 1.08 bits per heavy atom. The number of nitrogens with one attached hydrogen (secondary N) is 1. The molecule has 0 heterocycles. The van der Waals surface area contributed by atoms with Crippen molar-refractivity contribution in [3.05, 3.63) is 58.6 Å². The Kier molecular flexibility index (Phi) is 7.29. The number of hydrogen-bond acceptors (Lipinski definition) is 5. The van der Waals surface area contributed by atoms with Crippen molar-refractivity contribution < 1.29 is 23.8 Å². The highest BCUT2D eigenvalue weighted by molar-refractivity contribution is 6.30. The topological polar surface area (TPSA) is 73.9 Å². The van der Waals surface area contributed by atoms with Crippen LogP contribution in [0.4, 0.5) is 0 Å². The van der Waals surface area contributed by atoms with E-state index in [0.717, 1.165) is 16.9 Å². The fourth-order valence-electron chi connectivity index (χ4n) is 2.09. The highest BCUT2D eigenvalue weighted by atomic mass is 35.5. The van der Waals surface area contributed by atoms with Gasteiger partial charge in [0, 0.05) is 11.6 Å². The van der Waals surface area contributed by atoms with E-state index in [1.807, 2.05) is 19.1 Å². The van der Waals surface area contributed by atoms with Crippen LogP contribution >= 0.6 is 11.6 Å². The number of carbonyl (C=O) groups is 2. The summed E-state index contributed by atoms with van der Waals surface area (Å²) in [5.74, 6) is 0.260. The molecule has 2 rings (SSSR count). The minimum Gasteiger partial charge on any atom is -0.497 e. The normalized spacial score (nSPS) is 10.1. The lowest BCUT2D eigenvalue weighted by Crippen LogP contribution is -2.29. The number of ether oxygens (including phenoxy) is 3. The Bertz CT molecular complexity index is 761. The van der Waals surface area contributed by atoms with Crippen molar-refractivity contribution in [1.29, 1.82) is 0 Å². The summed E-state index contributed by atoms with van der Waals surface area (Å²) in [6.07, 6.45) is 0. The number of aryl methyl sites for hydroxylation is 1.